The van der Waals surface area contributed by atoms with Crippen LogP contribution in [0.1, 0.15) is 49.0 Å². The number of nitrogens with zero attached hydrogens (tertiary/aromatic N) is 2. The quantitative estimate of drug-likeness (QED) is 0.810. The van der Waals surface area contributed by atoms with E-state index in [2.05, 4.69) is 16.1 Å². The maximum absolute atomic E-state index is 9.39. The van der Waals surface area contributed by atoms with Gasteiger partial charge in [-0.25, -0.2) is 4.98 Å². The summed E-state index contributed by atoms with van der Waals surface area (Å²) in [4.78, 5) is 4.79. The molecule has 2 N–H and O–H groups in total. The summed E-state index contributed by atoms with van der Waals surface area (Å²) in [6, 6.07) is 0. The van der Waals surface area contributed by atoms with E-state index in [0.717, 1.165) is 38.3 Å². The van der Waals surface area contributed by atoms with Gasteiger partial charge in [0.2, 0.25) is 0 Å². The van der Waals surface area contributed by atoms with Crippen LogP contribution in [-0.2, 0) is 6.54 Å². The summed E-state index contributed by atoms with van der Waals surface area (Å²) >= 11 is 0. The van der Waals surface area contributed by atoms with Gasteiger partial charge in [0.15, 0.2) is 0 Å². The van der Waals surface area contributed by atoms with Crippen molar-refractivity contribution in [3.05, 3.63) is 17.7 Å². The van der Waals surface area contributed by atoms with E-state index in [9.17, 15) is 5.11 Å². The number of aromatic nitrogens is 2. The lowest BCUT2D eigenvalue weighted by Gasteiger charge is -2.21. The maximum Gasteiger partial charge on any atom is 0.114 e. The molecule has 0 radical (unpaired) electrons. The van der Waals surface area contributed by atoms with Crippen LogP contribution in [0, 0.1) is 0 Å². The summed E-state index contributed by atoms with van der Waals surface area (Å²) in [5.74, 6) is 1.94. The average molecular weight is 235 g/mol. The molecule has 0 amide bonds. The van der Waals surface area contributed by atoms with E-state index >= 15 is 0 Å². The smallest absolute Gasteiger partial charge is 0.114 e. The van der Waals surface area contributed by atoms with Crippen LogP contribution in [0.4, 0.5) is 0 Å². The Morgan fingerprint density at radius 3 is 3.12 bits per heavy atom. The lowest BCUT2D eigenvalue weighted by molar-refractivity contribution is 0.238. The third-order valence-electron chi connectivity index (χ3n) is 4.08. The molecule has 2 aliphatic rings. The van der Waals surface area contributed by atoms with Crippen molar-refractivity contribution in [2.24, 2.45) is 0 Å². The van der Waals surface area contributed by atoms with Crippen molar-refractivity contribution < 1.29 is 5.11 Å². The highest BCUT2D eigenvalue weighted by atomic mass is 16.3. The molecular weight excluding hydrogens is 214 g/mol. The lowest BCUT2D eigenvalue weighted by atomic mass is 9.97. The van der Waals surface area contributed by atoms with Gasteiger partial charge < -0.3 is 15.0 Å². The van der Waals surface area contributed by atoms with Crippen LogP contribution < -0.4 is 5.32 Å². The fourth-order valence-electron chi connectivity index (χ4n) is 3.07. The van der Waals surface area contributed by atoms with Gasteiger partial charge in [-0.05, 0) is 32.2 Å². The Balaban J connectivity index is 1.84. The zero-order valence-corrected chi connectivity index (χ0v) is 10.2. The summed E-state index contributed by atoms with van der Waals surface area (Å²) in [6.07, 6.45) is 6.95. The van der Waals surface area contributed by atoms with Crippen LogP contribution >= 0.6 is 0 Å². The number of hydrogen-bond donors (Lipinski definition) is 2. The minimum atomic E-state index is 0.235. The van der Waals surface area contributed by atoms with E-state index in [0.29, 0.717) is 5.92 Å². The zero-order valence-electron chi connectivity index (χ0n) is 10.2. The first-order valence-corrected chi connectivity index (χ1v) is 6.77. The number of piperidine rings is 1. The third kappa shape index (κ3) is 2.11. The fraction of sp³-hybridized carbons (Fsp3) is 0.769. The van der Waals surface area contributed by atoms with Gasteiger partial charge in [0.25, 0.3) is 0 Å². The molecule has 94 valence electrons. The standard InChI is InChI=1S/C13H21N3O/c17-9-11-4-2-6-16-8-12(15-13(11)16)10-3-1-5-14-7-10/h8,10-11,14,17H,1-7,9H2. The molecule has 1 aromatic rings. The Labute approximate surface area is 102 Å². The molecule has 0 saturated carbocycles. The summed E-state index contributed by atoms with van der Waals surface area (Å²) in [6.45, 7) is 3.50. The van der Waals surface area contributed by atoms with Gasteiger partial charge in [-0.1, -0.05) is 0 Å². The van der Waals surface area contributed by atoms with E-state index in [4.69, 9.17) is 4.98 Å². The summed E-state index contributed by atoms with van der Waals surface area (Å²) in [7, 11) is 0. The predicted molar refractivity (Wildman–Crippen MR) is 66.1 cm³/mol. The number of nitrogens with one attached hydrogen (secondary N) is 1. The summed E-state index contributed by atoms with van der Waals surface area (Å²) in [5.41, 5.74) is 1.23. The van der Waals surface area contributed by atoms with Crippen LogP contribution in [-0.4, -0.2) is 34.4 Å². The second-order valence-corrected chi connectivity index (χ2v) is 5.28. The largest absolute Gasteiger partial charge is 0.396 e. The van der Waals surface area contributed by atoms with Gasteiger partial charge in [-0.2, -0.15) is 0 Å². The lowest BCUT2D eigenvalue weighted by Crippen LogP contribution is -2.28. The number of aryl methyl sites for hydroxylation is 1. The number of aliphatic hydroxyl groups is 1. The average Bonchev–Trinajstić information content (AvgIpc) is 2.83. The van der Waals surface area contributed by atoms with Gasteiger partial charge in [-0.3, -0.25) is 0 Å². The molecule has 17 heavy (non-hydrogen) atoms. The zero-order chi connectivity index (χ0) is 11.7. The molecule has 1 aromatic heterocycles. The molecule has 0 spiro atoms. The van der Waals surface area contributed by atoms with E-state index in [1.807, 2.05) is 0 Å². The SMILES string of the molecule is OCC1CCCn2cc(C3CCCNC3)nc21. The van der Waals surface area contributed by atoms with E-state index in [-0.39, 0.29) is 12.5 Å². The number of hydrogen-bond acceptors (Lipinski definition) is 3. The minimum Gasteiger partial charge on any atom is -0.396 e. The van der Waals surface area contributed by atoms with Crippen molar-refractivity contribution in [2.45, 2.75) is 44.1 Å². The van der Waals surface area contributed by atoms with Gasteiger partial charge in [0, 0.05) is 31.1 Å². The van der Waals surface area contributed by atoms with Crippen LogP contribution in [0.5, 0.6) is 0 Å². The van der Waals surface area contributed by atoms with E-state index in [1.165, 1.54) is 18.5 Å². The molecule has 2 unspecified atom stereocenters. The first-order chi connectivity index (χ1) is 8.38. The van der Waals surface area contributed by atoms with Crippen LogP contribution in [0.15, 0.2) is 6.20 Å². The minimum absolute atomic E-state index is 0.235. The Hall–Kier alpha value is -0.870. The van der Waals surface area contributed by atoms with Crippen molar-refractivity contribution in [3.63, 3.8) is 0 Å². The van der Waals surface area contributed by atoms with Crippen LogP contribution in [0.25, 0.3) is 0 Å². The summed E-state index contributed by atoms with van der Waals surface area (Å²) < 4.78 is 2.26. The highest BCUT2D eigenvalue weighted by Crippen LogP contribution is 2.30. The number of fused-ring (bicyclic) bond motifs is 1. The first-order valence-electron chi connectivity index (χ1n) is 6.77. The highest BCUT2D eigenvalue weighted by molar-refractivity contribution is 5.15. The third-order valence-corrected chi connectivity index (χ3v) is 4.08. The number of rotatable bonds is 2. The van der Waals surface area contributed by atoms with Crippen molar-refractivity contribution in [3.8, 4) is 0 Å². The Morgan fingerprint density at radius 1 is 1.41 bits per heavy atom. The van der Waals surface area contributed by atoms with Gasteiger partial charge >= 0.3 is 0 Å². The van der Waals surface area contributed by atoms with Crippen molar-refractivity contribution in [1.82, 2.24) is 14.9 Å². The normalized spacial score (nSPS) is 29.0. The first kappa shape index (κ1) is 11.2. The van der Waals surface area contributed by atoms with E-state index in [1.54, 1.807) is 0 Å². The molecule has 1 saturated heterocycles. The number of aliphatic hydroxyl groups excluding tert-OH is 1. The maximum atomic E-state index is 9.39. The Morgan fingerprint density at radius 2 is 2.35 bits per heavy atom. The molecule has 0 aliphatic carbocycles. The Bertz CT molecular complexity index is 382. The molecule has 0 bridgehead atoms. The molecule has 4 nitrogen and oxygen atoms in total. The molecule has 3 heterocycles. The van der Waals surface area contributed by atoms with Crippen molar-refractivity contribution in [1.29, 1.82) is 0 Å². The molecule has 1 fully saturated rings. The molecule has 3 rings (SSSR count). The van der Waals surface area contributed by atoms with Gasteiger partial charge in [0.05, 0.1) is 12.3 Å². The van der Waals surface area contributed by atoms with Crippen molar-refractivity contribution >= 4 is 0 Å². The molecule has 2 atom stereocenters. The monoisotopic (exact) mass is 235 g/mol. The molecule has 4 heteroatoms. The molecular formula is C13H21N3O. The summed E-state index contributed by atoms with van der Waals surface area (Å²) in [5, 5.41) is 12.8. The van der Waals surface area contributed by atoms with Crippen LogP contribution in [0.3, 0.4) is 0 Å². The highest BCUT2D eigenvalue weighted by Gasteiger charge is 2.25. The van der Waals surface area contributed by atoms with Gasteiger partial charge in [0.1, 0.15) is 5.82 Å². The number of imidazole rings is 1. The van der Waals surface area contributed by atoms with Crippen molar-refractivity contribution in [2.75, 3.05) is 19.7 Å². The molecule has 2 aliphatic heterocycles. The second-order valence-electron chi connectivity index (χ2n) is 5.28. The Kier molecular flexibility index (Phi) is 3.16. The van der Waals surface area contributed by atoms with Crippen LogP contribution in [0.2, 0.25) is 0 Å². The topological polar surface area (TPSA) is 50.1 Å². The second kappa shape index (κ2) is 4.78. The van der Waals surface area contributed by atoms with Gasteiger partial charge in [-0.15, -0.1) is 0 Å². The molecule has 0 aromatic carbocycles. The fourth-order valence-corrected chi connectivity index (χ4v) is 3.07. The predicted octanol–water partition coefficient (Wildman–Crippen LogP) is 1.22. The van der Waals surface area contributed by atoms with E-state index < -0.39 is 0 Å².